The molecule has 2 aliphatic rings. The maximum atomic E-state index is 12.5. The van der Waals surface area contributed by atoms with Crippen molar-refractivity contribution in [2.45, 2.75) is 58.9 Å². The highest BCUT2D eigenvalue weighted by molar-refractivity contribution is 7.11. The average Bonchev–Trinajstić information content (AvgIpc) is 2.87. The van der Waals surface area contributed by atoms with E-state index in [0.717, 1.165) is 44.8 Å². The average molecular weight is 336 g/mol. The number of hydrogen-bond acceptors (Lipinski definition) is 4. The number of carbonyl (C=O) groups excluding carboxylic acids is 1. The smallest absolute Gasteiger partial charge is 0.222 e. The summed E-state index contributed by atoms with van der Waals surface area (Å²) in [6.07, 6.45) is 7.30. The molecule has 128 valence electrons. The second kappa shape index (κ2) is 7.75. The summed E-state index contributed by atoms with van der Waals surface area (Å²) >= 11 is 1.81. The maximum absolute atomic E-state index is 12.5. The van der Waals surface area contributed by atoms with Gasteiger partial charge in [0, 0.05) is 37.5 Å². The van der Waals surface area contributed by atoms with Gasteiger partial charge in [0.05, 0.1) is 12.2 Å². The molecule has 2 fully saturated rings. The number of carbonyl (C=O) groups is 1. The third kappa shape index (κ3) is 4.54. The zero-order valence-electron chi connectivity index (χ0n) is 14.5. The van der Waals surface area contributed by atoms with Crippen LogP contribution in [0.4, 0.5) is 0 Å². The lowest BCUT2D eigenvalue weighted by Crippen LogP contribution is -2.48. The molecule has 0 bridgehead atoms. The van der Waals surface area contributed by atoms with E-state index in [4.69, 9.17) is 0 Å². The Balaban J connectivity index is 1.43. The lowest BCUT2D eigenvalue weighted by atomic mass is 9.86. The van der Waals surface area contributed by atoms with Gasteiger partial charge in [-0.25, -0.2) is 4.98 Å². The molecule has 23 heavy (non-hydrogen) atoms. The van der Waals surface area contributed by atoms with Gasteiger partial charge >= 0.3 is 0 Å². The van der Waals surface area contributed by atoms with Crippen molar-refractivity contribution in [1.82, 2.24) is 14.8 Å². The number of rotatable bonds is 4. The van der Waals surface area contributed by atoms with E-state index in [1.807, 2.05) is 0 Å². The van der Waals surface area contributed by atoms with E-state index in [-0.39, 0.29) is 0 Å². The Hall–Kier alpha value is -0.940. The fourth-order valence-corrected chi connectivity index (χ4v) is 4.70. The van der Waals surface area contributed by atoms with Crippen molar-refractivity contribution >= 4 is 17.2 Å². The van der Waals surface area contributed by atoms with Gasteiger partial charge in [-0.05, 0) is 32.6 Å². The van der Waals surface area contributed by atoms with E-state index in [1.54, 1.807) is 11.3 Å². The van der Waals surface area contributed by atoms with Crippen LogP contribution < -0.4 is 0 Å². The van der Waals surface area contributed by atoms with E-state index in [0.29, 0.717) is 11.8 Å². The first-order valence-electron chi connectivity index (χ1n) is 9.05. The van der Waals surface area contributed by atoms with Crippen LogP contribution in [0.15, 0.2) is 0 Å². The molecule has 0 N–H and O–H groups in total. The molecule has 1 aromatic rings. The molecule has 3 rings (SSSR count). The minimum absolute atomic E-state index is 0.387. The van der Waals surface area contributed by atoms with Crippen LogP contribution in [-0.2, 0) is 11.3 Å². The Morgan fingerprint density at radius 2 is 1.83 bits per heavy atom. The van der Waals surface area contributed by atoms with E-state index in [2.05, 4.69) is 28.6 Å². The maximum Gasteiger partial charge on any atom is 0.222 e. The highest BCUT2D eigenvalue weighted by Gasteiger charge is 2.24. The third-order valence-electron chi connectivity index (χ3n) is 5.34. The molecule has 4 nitrogen and oxygen atoms in total. The van der Waals surface area contributed by atoms with Crippen LogP contribution in [0.1, 0.15) is 54.1 Å². The van der Waals surface area contributed by atoms with Crippen LogP contribution in [0.5, 0.6) is 0 Å². The third-order valence-corrected chi connectivity index (χ3v) is 6.40. The predicted octanol–water partition coefficient (Wildman–Crippen LogP) is 3.37. The summed E-state index contributed by atoms with van der Waals surface area (Å²) in [5.41, 5.74) is 1.16. The summed E-state index contributed by atoms with van der Waals surface area (Å²) in [4.78, 5) is 22.9. The van der Waals surface area contributed by atoms with Gasteiger partial charge in [0.15, 0.2) is 0 Å². The molecule has 1 aliphatic carbocycles. The van der Waals surface area contributed by atoms with Crippen molar-refractivity contribution < 1.29 is 4.79 Å². The first-order chi connectivity index (χ1) is 11.1. The molecule has 1 saturated carbocycles. The van der Waals surface area contributed by atoms with Crippen molar-refractivity contribution in [3.8, 4) is 0 Å². The molecular weight excluding hydrogens is 306 g/mol. The molecule has 0 atom stereocenters. The molecule has 2 heterocycles. The lowest BCUT2D eigenvalue weighted by Gasteiger charge is -2.35. The number of aryl methyl sites for hydroxylation is 2. The molecule has 5 heteroatoms. The van der Waals surface area contributed by atoms with E-state index in [1.165, 1.54) is 42.0 Å². The number of hydrogen-bond donors (Lipinski definition) is 0. The summed E-state index contributed by atoms with van der Waals surface area (Å²) in [5, 5.41) is 1.21. The molecular formula is C18H29N3OS. The van der Waals surface area contributed by atoms with Crippen LogP contribution in [0.3, 0.4) is 0 Å². The summed E-state index contributed by atoms with van der Waals surface area (Å²) in [7, 11) is 0. The quantitative estimate of drug-likeness (QED) is 0.846. The number of piperazine rings is 1. The zero-order valence-corrected chi connectivity index (χ0v) is 15.3. The minimum atomic E-state index is 0.387. The van der Waals surface area contributed by atoms with Gasteiger partial charge in [-0.1, -0.05) is 19.3 Å². The van der Waals surface area contributed by atoms with E-state index in [9.17, 15) is 4.79 Å². The number of nitrogens with zero attached hydrogens (tertiary/aromatic N) is 3. The molecule has 1 aromatic heterocycles. The molecule has 1 aliphatic heterocycles. The SMILES string of the molecule is Cc1nc(CN2CCN(C(=O)CC3CCCCC3)CC2)sc1C. The van der Waals surface area contributed by atoms with Crippen LogP contribution in [0.2, 0.25) is 0 Å². The standard InChI is InChI=1S/C18H29N3OS/c1-14-15(2)23-17(19-14)13-20-8-10-21(11-9-20)18(22)12-16-6-4-3-5-7-16/h16H,3-13H2,1-2H3. The van der Waals surface area contributed by atoms with Gasteiger partial charge in [0.2, 0.25) is 5.91 Å². The Morgan fingerprint density at radius 3 is 2.43 bits per heavy atom. The normalized spacial score (nSPS) is 20.9. The van der Waals surface area contributed by atoms with Crippen LogP contribution >= 0.6 is 11.3 Å². The molecule has 0 radical (unpaired) electrons. The highest BCUT2D eigenvalue weighted by Crippen LogP contribution is 2.27. The zero-order chi connectivity index (χ0) is 16.2. The van der Waals surface area contributed by atoms with Crippen molar-refractivity contribution in [2.75, 3.05) is 26.2 Å². The van der Waals surface area contributed by atoms with Crippen molar-refractivity contribution in [1.29, 1.82) is 0 Å². The Kier molecular flexibility index (Phi) is 5.70. The topological polar surface area (TPSA) is 36.4 Å². The van der Waals surface area contributed by atoms with Crippen LogP contribution in [-0.4, -0.2) is 46.9 Å². The number of amides is 1. The fraction of sp³-hybridized carbons (Fsp3) is 0.778. The van der Waals surface area contributed by atoms with Crippen molar-refractivity contribution in [3.05, 3.63) is 15.6 Å². The van der Waals surface area contributed by atoms with Gasteiger partial charge in [0.25, 0.3) is 0 Å². The molecule has 1 saturated heterocycles. The van der Waals surface area contributed by atoms with Gasteiger partial charge in [0.1, 0.15) is 5.01 Å². The first kappa shape index (κ1) is 16.9. The van der Waals surface area contributed by atoms with Gasteiger partial charge in [-0.3, -0.25) is 9.69 Å². The van der Waals surface area contributed by atoms with Gasteiger partial charge in [-0.2, -0.15) is 0 Å². The Morgan fingerprint density at radius 1 is 1.13 bits per heavy atom. The molecule has 1 amide bonds. The second-order valence-corrected chi connectivity index (χ2v) is 8.40. The van der Waals surface area contributed by atoms with Gasteiger partial charge < -0.3 is 4.90 Å². The van der Waals surface area contributed by atoms with E-state index < -0.39 is 0 Å². The van der Waals surface area contributed by atoms with Gasteiger partial charge in [-0.15, -0.1) is 11.3 Å². The van der Waals surface area contributed by atoms with Crippen LogP contribution in [0, 0.1) is 19.8 Å². The van der Waals surface area contributed by atoms with E-state index >= 15 is 0 Å². The minimum Gasteiger partial charge on any atom is -0.340 e. The number of aromatic nitrogens is 1. The second-order valence-electron chi connectivity index (χ2n) is 7.11. The first-order valence-corrected chi connectivity index (χ1v) is 9.86. The summed E-state index contributed by atoms with van der Waals surface area (Å²) in [5.74, 6) is 1.04. The Bertz CT molecular complexity index is 509. The molecule has 0 spiro atoms. The summed E-state index contributed by atoms with van der Waals surface area (Å²) < 4.78 is 0. The fourth-order valence-electron chi connectivity index (χ4n) is 3.72. The van der Waals surface area contributed by atoms with Crippen molar-refractivity contribution in [3.63, 3.8) is 0 Å². The largest absolute Gasteiger partial charge is 0.340 e. The predicted molar refractivity (Wildman–Crippen MR) is 94.6 cm³/mol. The monoisotopic (exact) mass is 335 g/mol. The van der Waals surface area contributed by atoms with Crippen molar-refractivity contribution in [2.24, 2.45) is 5.92 Å². The summed E-state index contributed by atoms with van der Waals surface area (Å²) in [6, 6.07) is 0. The molecule has 0 unspecified atom stereocenters. The lowest BCUT2D eigenvalue weighted by molar-refractivity contribution is -0.134. The number of thiazole rings is 1. The van der Waals surface area contributed by atoms with Crippen LogP contribution in [0.25, 0.3) is 0 Å². The summed E-state index contributed by atoms with van der Waals surface area (Å²) in [6.45, 7) is 8.88. The Labute approximate surface area is 143 Å². The highest BCUT2D eigenvalue weighted by atomic mass is 32.1. The molecule has 0 aromatic carbocycles.